The highest BCUT2D eigenvalue weighted by Gasteiger charge is 2.23. The molecule has 4 nitrogen and oxygen atoms in total. The van der Waals surface area contributed by atoms with Crippen LogP contribution < -0.4 is 0 Å². The minimum absolute atomic E-state index is 0.634. The van der Waals surface area contributed by atoms with Gasteiger partial charge in [-0.1, -0.05) is 127 Å². The molecule has 0 aliphatic rings. The van der Waals surface area contributed by atoms with Gasteiger partial charge in [-0.2, -0.15) is 0 Å². The summed E-state index contributed by atoms with van der Waals surface area (Å²) in [7, 11) is 0. The van der Waals surface area contributed by atoms with Crippen molar-refractivity contribution < 1.29 is 4.42 Å². The second kappa shape index (κ2) is 10.8. The molecule has 4 aromatic heterocycles. The number of hydrogen-bond acceptors (Lipinski definition) is 4. The maximum Gasteiger partial charge on any atom is 0.235 e. The van der Waals surface area contributed by atoms with Crippen molar-refractivity contribution in [2.45, 2.75) is 0 Å². The monoisotopic (exact) mass is 693 g/mol. The lowest BCUT2D eigenvalue weighted by Gasteiger charge is -2.13. The van der Waals surface area contributed by atoms with Gasteiger partial charge in [0, 0.05) is 53.4 Å². The number of furan rings is 1. The summed E-state index contributed by atoms with van der Waals surface area (Å²) in [5, 5.41) is 10.3. The van der Waals surface area contributed by atoms with Crippen LogP contribution in [-0.4, -0.2) is 14.5 Å². The second-order valence-corrected chi connectivity index (χ2v) is 14.8. The quantitative estimate of drug-likeness (QED) is 0.185. The van der Waals surface area contributed by atoms with E-state index in [0.29, 0.717) is 5.95 Å². The van der Waals surface area contributed by atoms with Crippen LogP contribution in [-0.2, 0) is 0 Å². The SMILES string of the molecule is c1ccc(-c2cc(-c3nc(-n4c5ccccc5c5ccc6c7ccccc7sc6c54)nc4ccccc34)c3oc4c5ccccc5ccc4c3c2)cc1. The number of aromatic nitrogens is 3. The van der Waals surface area contributed by atoms with E-state index in [-0.39, 0.29) is 0 Å². The Kier molecular flexibility index (Phi) is 5.90. The van der Waals surface area contributed by atoms with E-state index in [9.17, 15) is 0 Å². The third-order valence-electron chi connectivity index (χ3n) is 10.8. The third kappa shape index (κ3) is 4.11. The summed E-state index contributed by atoms with van der Waals surface area (Å²) < 4.78 is 11.8. The molecule has 0 saturated heterocycles. The molecule has 0 N–H and O–H groups in total. The van der Waals surface area contributed by atoms with E-state index in [1.54, 1.807) is 0 Å². The van der Waals surface area contributed by atoms with Crippen LogP contribution in [0, 0.1) is 0 Å². The van der Waals surface area contributed by atoms with Gasteiger partial charge in [0.15, 0.2) is 0 Å². The largest absolute Gasteiger partial charge is 0.455 e. The van der Waals surface area contributed by atoms with Crippen molar-refractivity contribution in [2.75, 3.05) is 0 Å². The van der Waals surface area contributed by atoms with E-state index in [0.717, 1.165) is 77.0 Å². The van der Waals surface area contributed by atoms with Crippen molar-refractivity contribution >= 4 is 96.9 Å². The average molecular weight is 694 g/mol. The fourth-order valence-corrected chi connectivity index (χ4v) is 9.63. The van der Waals surface area contributed by atoms with Crippen LogP contribution in [0.4, 0.5) is 0 Å². The molecule has 0 radical (unpaired) electrons. The lowest BCUT2D eigenvalue weighted by molar-refractivity contribution is 0.673. The third-order valence-corrected chi connectivity index (χ3v) is 12.0. The lowest BCUT2D eigenvalue weighted by Crippen LogP contribution is -2.03. The van der Waals surface area contributed by atoms with Crippen LogP contribution in [0.1, 0.15) is 0 Å². The molecule has 4 heterocycles. The molecule has 0 unspecified atom stereocenters. The molecule has 0 aliphatic carbocycles. The van der Waals surface area contributed by atoms with Crippen LogP contribution in [0.3, 0.4) is 0 Å². The molecular weight excluding hydrogens is 667 g/mol. The Labute approximate surface area is 306 Å². The minimum atomic E-state index is 0.634. The number of nitrogens with zero attached hydrogens (tertiary/aromatic N) is 3. The Morgan fingerprint density at radius 2 is 1.19 bits per heavy atom. The van der Waals surface area contributed by atoms with Crippen molar-refractivity contribution in [3.8, 4) is 28.3 Å². The van der Waals surface area contributed by atoms with E-state index in [1.165, 1.54) is 30.9 Å². The van der Waals surface area contributed by atoms with Crippen molar-refractivity contribution in [3.63, 3.8) is 0 Å². The maximum atomic E-state index is 6.99. The van der Waals surface area contributed by atoms with Gasteiger partial charge >= 0.3 is 0 Å². The Morgan fingerprint density at radius 1 is 0.472 bits per heavy atom. The van der Waals surface area contributed by atoms with Crippen molar-refractivity contribution in [1.82, 2.24) is 14.5 Å². The maximum absolute atomic E-state index is 6.99. The summed E-state index contributed by atoms with van der Waals surface area (Å²) in [5.74, 6) is 0.634. The molecule has 0 amide bonds. The summed E-state index contributed by atoms with van der Waals surface area (Å²) in [6.45, 7) is 0. The molecule has 0 spiro atoms. The van der Waals surface area contributed by atoms with E-state index >= 15 is 0 Å². The molecule has 53 heavy (non-hydrogen) atoms. The zero-order chi connectivity index (χ0) is 34.6. The number of rotatable bonds is 3. The smallest absolute Gasteiger partial charge is 0.235 e. The van der Waals surface area contributed by atoms with Gasteiger partial charge in [-0.3, -0.25) is 4.57 Å². The molecule has 0 bridgehead atoms. The average Bonchev–Trinajstić information content (AvgIpc) is 3.90. The Morgan fingerprint density at radius 3 is 2.09 bits per heavy atom. The van der Waals surface area contributed by atoms with Gasteiger partial charge in [0.2, 0.25) is 5.95 Å². The van der Waals surface area contributed by atoms with Gasteiger partial charge in [0.05, 0.1) is 26.9 Å². The fraction of sp³-hybridized carbons (Fsp3) is 0. The Bertz CT molecular complexity index is 3460. The molecule has 12 aromatic rings. The van der Waals surface area contributed by atoms with Crippen molar-refractivity contribution in [1.29, 1.82) is 0 Å². The first kappa shape index (κ1) is 28.8. The second-order valence-electron chi connectivity index (χ2n) is 13.7. The topological polar surface area (TPSA) is 43.9 Å². The summed E-state index contributed by atoms with van der Waals surface area (Å²) in [6, 6.07) is 58.1. The fourth-order valence-electron chi connectivity index (χ4n) is 8.39. The molecule has 5 heteroatoms. The molecule has 0 fully saturated rings. The normalized spacial score (nSPS) is 12.2. The predicted molar refractivity (Wildman–Crippen MR) is 222 cm³/mol. The summed E-state index contributed by atoms with van der Waals surface area (Å²) in [5.41, 5.74) is 8.81. The minimum Gasteiger partial charge on any atom is -0.455 e. The first-order chi connectivity index (χ1) is 26.3. The highest BCUT2D eigenvalue weighted by molar-refractivity contribution is 7.26. The summed E-state index contributed by atoms with van der Waals surface area (Å²) in [4.78, 5) is 10.9. The predicted octanol–water partition coefficient (Wildman–Crippen LogP) is 13.5. The molecule has 0 atom stereocenters. The Hall–Kier alpha value is -6.82. The molecule has 0 saturated carbocycles. The van der Waals surface area contributed by atoms with E-state index < -0.39 is 0 Å². The number of benzene rings is 8. The van der Waals surface area contributed by atoms with Crippen molar-refractivity contribution in [3.05, 3.63) is 164 Å². The van der Waals surface area contributed by atoms with Crippen LogP contribution in [0.25, 0.3) is 114 Å². The number of para-hydroxylation sites is 2. The van der Waals surface area contributed by atoms with Gasteiger partial charge in [-0.15, -0.1) is 11.3 Å². The molecule has 246 valence electrons. The van der Waals surface area contributed by atoms with Gasteiger partial charge in [0.1, 0.15) is 11.2 Å². The number of fused-ring (bicyclic) bond motifs is 13. The van der Waals surface area contributed by atoms with E-state index in [1.807, 2.05) is 11.3 Å². The van der Waals surface area contributed by atoms with Crippen molar-refractivity contribution in [2.24, 2.45) is 0 Å². The van der Waals surface area contributed by atoms with Gasteiger partial charge in [-0.05, 0) is 52.9 Å². The number of thiophene rings is 1. The first-order valence-electron chi connectivity index (χ1n) is 17.8. The van der Waals surface area contributed by atoms with Crippen LogP contribution in [0.15, 0.2) is 168 Å². The van der Waals surface area contributed by atoms with E-state index in [2.05, 4.69) is 168 Å². The summed E-state index contributed by atoms with van der Waals surface area (Å²) >= 11 is 1.83. The van der Waals surface area contributed by atoms with Crippen LogP contribution >= 0.6 is 11.3 Å². The summed E-state index contributed by atoms with van der Waals surface area (Å²) in [6.07, 6.45) is 0. The Balaban J connectivity index is 1.23. The molecule has 12 rings (SSSR count). The van der Waals surface area contributed by atoms with E-state index in [4.69, 9.17) is 14.4 Å². The molecule has 0 aliphatic heterocycles. The highest BCUT2D eigenvalue weighted by atomic mass is 32.1. The lowest BCUT2D eigenvalue weighted by atomic mass is 9.96. The van der Waals surface area contributed by atoms with Gasteiger partial charge in [-0.25, -0.2) is 9.97 Å². The highest BCUT2D eigenvalue weighted by Crippen LogP contribution is 2.45. The van der Waals surface area contributed by atoms with Gasteiger partial charge < -0.3 is 4.42 Å². The first-order valence-corrected chi connectivity index (χ1v) is 18.6. The zero-order valence-electron chi connectivity index (χ0n) is 28.2. The van der Waals surface area contributed by atoms with Crippen LogP contribution in [0.5, 0.6) is 0 Å². The standard InChI is InChI=1S/C48H27N3OS/c1-2-12-28(13-3-1)30-26-38-35-23-22-29-14-4-5-15-31(29)45(35)52-46(38)39(27-30)43-37-18-6-9-19-40(37)49-48(50-43)51-41-20-10-7-16-32(41)34-24-25-36-33-17-8-11-21-42(33)53-47(36)44(34)51/h1-27H. The molecular formula is C48H27N3OS. The van der Waals surface area contributed by atoms with Gasteiger partial charge in [0.25, 0.3) is 0 Å². The molecule has 8 aromatic carbocycles. The zero-order valence-corrected chi connectivity index (χ0v) is 29.1. The number of hydrogen-bond donors (Lipinski definition) is 0. The van der Waals surface area contributed by atoms with Crippen LogP contribution in [0.2, 0.25) is 0 Å².